The minimum atomic E-state index is -1.16. The van der Waals surface area contributed by atoms with Gasteiger partial charge >= 0.3 is 5.97 Å². The van der Waals surface area contributed by atoms with Crippen LogP contribution in [0.3, 0.4) is 0 Å². The summed E-state index contributed by atoms with van der Waals surface area (Å²) >= 11 is 0. The molecule has 0 saturated carbocycles. The van der Waals surface area contributed by atoms with Crippen LogP contribution < -0.4 is 10.6 Å². The SMILES string of the molecule is CCNC(C)(C)C(=O)NC(CC)(CC)C(=O)O. The molecule has 0 aliphatic carbocycles. The fourth-order valence-electron chi connectivity index (χ4n) is 1.68. The molecule has 0 saturated heterocycles. The fourth-order valence-corrected chi connectivity index (χ4v) is 1.68. The number of hydrogen-bond acceptors (Lipinski definition) is 3. The van der Waals surface area contributed by atoms with Crippen molar-refractivity contribution in [1.82, 2.24) is 10.6 Å². The molecule has 0 aliphatic rings. The van der Waals surface area contributed by atoms with Crippen molar-refractivity contribution in [1.29, 1.82) is 0 Å². The van der Waals surface area contributed by atoms with Gasteiger partial charge in [0, 0.05) is 0 Å². The average molecular weight is 244 g/mol. The molecule has 3 N–H and O–H groups in total. The summed E-state index contributed by atoms with van der Waals surface area (Å²) in [5, 5.41) is 14.9. The standard InChI is InChI=1S/C12H24N2O3/c1-6-12(7-2,10(16)17)14-9(15)11(4,5)13-8-3/h13H,6-8H2,1-5H3,(H,14,15)(H,16,17). The van der Waals surface area contributed by atoms with Crippen LogP contribution in [0.1, 0.15) is 47.5 Å². The van der Waals surface area contributed by atoms with Gasteiger partial charge in [0.05, 0.1) is 5.54 Å². The molecule has 17 heavy (non-hydrogen) atoms. The van der Waals surface area contributed by atoms with Crippen molar-refractivity contribution >= 4 is 11.9 Å². The summed E-state index contributed by atoms with van der Waals surface area (Å²) in [6.07, 6.45) is 0.736. The minimum absolute atomic E-state index is 0.287. The van der Waals surface area contributed by atoms with Crippen molar-refractivity contribution in [2.45, 2.75) is 58.5 Å². The van der Waals surface area contributed by atoms with Gasteiger partial charge in [-0.25, -0.2) is 4.79 Å². The molecule has 0 unspecified atom stereocenters. The van der Waals surface area contributed by atoms with Gasteiger partial charge in [-0.05, 0) is 33.2 Å². The average Bonchev–Trinajstić information content (AvgIpc) is 2.25. The molecule has 5 nitrogen and oxygen atoms in total. The number of rotatable bonds is 7. The Labute approximate surface area is 103 Å². The third kappa shape index (κ3) is 3.70. The lowest BCUT2D eigenvalue weighted by atomic mass is 9.91. The summed E-state index contributed by atoms with van der Waals surface area (Å²) in [5.74, 6) is -1.27. The molecule has 100 valence electrons. The Morgan fingerprint density at radius 3 is 1.88 bits per heavy atom. The van der Waals surface area contributed by atoms with Crippen molar-refractivity contribution < 1.29 is 14.7 Å². The molecule has 1 amide bonds. The molecule has 0 bridgehead atoms. The Hall–Kier alpha value is -1.10. The van der Waals surface area contributed by atoms with Crippen LogP contribution in [0.2, 0.25) is 0 Å². The second-order valence-electron chi connectivity index (χ2n) is 4.70. The first-order valence-electron chi connectivity index (χ1n) is 6.06. The van der Waals surface area contributed by atoms with Crippen LogP contribution >= 0.6 is 0 Å². The van der Waals surface area contributed by atoms with Gasteiger partial charge in [-0.15, -0.1) is 0 Å². The zero-order valence-corrected chi connectivity index (χ0v) is 11.4. The number of aliphatic carboxylic acids is 1. The second kappa shape index (κ2) is 6.00. The van der Waals surface area contributed by atoms with E-state index in [1.807, 2.05) is 6.92 Å². The molecule has 0 fully saturated rings. The number of carbonyl (C=O) groups excluding carboxylic acids is 1. The summed E-state index contributed by atoms with van der Waals surface area (Å²) in [7, 11) is 0. The third-order valence-electron chi connectivity index (χ3n) is 3.16. The second-order valence-corrected chi connectivity index (χ2v) is 4.70. The first kappa shape index (κ1) is 15.9. The summed E-state index contributed by atoms with van der Waals surface area (Å²) in [4.78, 5) is 23.3. The zero-order chi connectivity index (χ0) is 13.7. The highest BCUT2D eigenvalue weighted by molar-refractivity contribution is 5.91. The van der Waals surface area contributed by atoms with Crippen molar-refractivity contribution in [2.24, 2.45) is 0 Å². The zero-order valence-electron chi connectivity index (χ0n) is 11.4. The predicted molar refractivity (Wildman–Crippen MR) is 66.8 cm³/mol. The van der Waals surface area contributed by atoms with E-state index in [1.165, 1.54) is 0 Å². The van der Waals surface area contributed by atoms with E-state index in [2.05, 4.69) is 10.6 Å². The molecule has 0 aromatic rings. The van der Waals surface area contributed by atoms with Crippen molar-refractivity contribution in [2.75, 3.05) is 6.54 Å². The molecule has 0 spiro atoms. The maximum Gasteiger partial charge on any atom is 0.329 e. The smallest absolute Gasteiger partial charge is 0.329 e. The van der Waals surface area contributed by atoms with E-state index in [9.17, 15) is 14.7 Å². The van der Waals surface area contributed by atoms with Crippen LogP contribution in [0, 0.1) is 0 Å². The maximum absolute atomic E-state index is 12.1. The number of carbonyl (C=O) groups is 2. The number of carboxylic acids is 1. The van der Waals surface area contributed by atoms with Gasteiger partial charge < -0.3 is 15.7 Å². The van der Waals surface area contributed by atoms with Gasteiger partial charge in [0.2, 0.25) is 5.91 Å². The molecular formula is C12H24N2O3. The molecule has 0 atom stereocenters. The maximum atomic E-state index is 12.1. The van der Waals surface area contributed by atoms with Crippen LogP contribution in [0.15, 0.2) is 0 Å². The van der Waals surface area contributed by atoms with Gasteiger partial charge in [-0.1, -0.05) is 20.8 Å². The highest BCUT2D eigenvalue weighted by Crippen LogP contribution is 2.17. The first-order chi connectivity index (χ1) is 7.75. The van der Waals surface area contributed by atoms with E-state index in [0.29, 0.717) is 19.4 Å². The molecule has 0 radical (unpaired) electrons. The van der Waals surface area contributed by atoms with E-state index in [1.54, 1.807) is 27.7 Å². The van der Waals surface area contributed by atoms with E-state index < -0.39 is 17.0 Å². The first-order valence-corrected chi connectivity index (χ1v) is 6.06. The number of likely N-dealkylation sites (N-methyl/N-ethyl adjacent to an activating group) is 1. The minimum Gasteiger partial charge on any atom is -0.480 e. The summed E-state index contributed by atoms with van der Waals surface area (Å²) in [5.41, 5.74) is -1.93. The van der Waals surface area contributed by atoms with Crippen molar-refractivity contribution in [3.63, 3.8) is 0 Å². The fraction of sp³-hybridized carbons (Fsp3) is 0.833. The molecule has 0 aromatic carbocycles. The Morgan fingerprint density at radius 1 is 1.12 bits per heavy atom. The van der Waals surface area contributed by atoms with E-state index in [0.717, 1.165) is 0 Å². The lowest BCUT2D eigenvalue weighted by Gasteiger charge is -2.33. The van der Waals surface area contributed by atoms with Crippen LogP contribution in [0.25, 0.3) is 0 Å². The van der Waals surface area contributed by atoms with Crippen LogP contribution in [-0.4, -0.2) is 34.6 Å². The Morgan fingerprint density at radius 2 is 1.59 bits per heavy atom. The number of amides is 1. The quantitative estimate of drug-likeness (QED) is 0.627. The van der Waals surface area contributed by atoms with Gasteiger partial charge in [-0.2, -0.15) is 0 Å². The monoisotopic (exact) mass is 244 g/mol. The van der Waals surface area contributed by atoms with E-state index in [-0.39, 0.29) is 5.91 Å². The topological polar surface area (TPSA) is 78.4 Å². The number of nitrogens with one attached hydrogen (secondary N) is 2. The third-order valence-corrected chi connectivity index (χ3v) is 3.16. The molecule has 0 rings (SSSR count). The van der Waals surface area contributed by atoms with E-state index >= 15 is 0 Å². The lowest BCUT2D eigenvalue weighted by molar-refractivity contribution is -0.149. The highest BCUT2D eigenvalue weighted by atomic mass is 16.4. The number of hydrogen-bond donors (Lipinski definition) is 3. The lowest BCUT2D eigenvalue weighted by Crippen LogP contribution is -2.61. The molecule has 0 aliphatic heterocycles. The van der Waals surface area contributed by atoms with Gasteiger partial charge in [0.25, 0.3) is 0 Å². The van der Waals surface area contributed by atoms with Crippen LogP contribution in [0.4, 0.5) is 0 Å². The summed E-state index contributed by atoms with van der Waals surface area (Å²) < 4.78 is 0. The largest absolute Gasteiger partial charge is 0.480 e. The molecule has 0 aromatic heterocycles. The van der Waals surface area contributed by atoms with Crippen molar-refractivity contribution in [3.8, 4) is 0 Å². The Kier molecular flexibility index (Phi) is 5.61. The Balaban J connectivity index is 4.91. The van der Waals surface area contributed by atoms with Gasteiger partial charge in [0.1, 0.15) is 5.54 Å². The number of carboxylic acid groups (broad SMARTS) is 1. The predicted octanol–water partition coefficient (Wildman–Crippen LogP) is 1.13. The Bertz CT molecular complexity index is 283. The normalized spacial score (nSPS) is 12.3. The summed E-state index contributed by atoms with van der Waals surface area (Å²) in [6, 6.07) is 0. The van der Waals surface area contributed by atoms with Gasteiger partial charge in [-0.3, -0.25) is 4.79 Å². The van der Waals surface area contributed by atoms with Crippen LogP contribution in [-0.2, 0) is 9.59 Å². The highest BCUT2D eigenvalue weighted by Gasteiger charge is 2.39. The molecular weight excluding hydrogens is 220 g/mol. The van der Waals surface area contributed by atoms with Crippen molar-refractivity contribution in [3.05, 3.63) is 0 Å². The summed E-state index contributed by atoms with van der Waals surface area (Å²) in [6.45, 7) is 9.56. The molecule has 5 heteroatoms. The molecule has 0 heterocycles. The van der Waals surface area contributed by atoms with Gasteiger partial charge in [0.15, 0.2) is 0 Å². The van der Waals surface area contributed by atoms with E-state index in [4.69, 9.17) is 0 Å². The van der Waals surface area contributed by atoms with Crippen LogP contribution in [0.5, 0.6) is 0 Å².